The van der Waals surface area contributed by atoms with Gasteiger partial charge in [-0.25, -0.2) is 0 Å². The monoisotopic (exact) mass is 401 g/mol. The average molecular weight is 401 g/mol. The molecule has 1 aliphatic rings. The highest BCUT2D eigenvalue weighted by Gasteiger charge is 2.36. The number of hydrogen-bond acceptors (Lipinski definition) is 5. The Kier molecular flexibility index (Phi) is 7.00. The molecular weight excluding hydrogens is 379 g/mol. The van der Waals surface area contributed by atoms with Gasteiger partial charge in [-0.2, -0.15) is 13.2 Å². The van der Waals surface area contributed by atoms with Crippen molar-refractivity contribution in [2.45, 2.75) is 25.2 Å². The fraction of sp³-hybridized carbons (Fsp3) is 0.500. The van der Waals surface area contributed by atoms with Crippen molar-refractivity contribution in [3.8, 4) is 0 Å². The van der Waals surface area contributed by atoms with E-state index >= 15 is 0 Å². The Morgan fingerprint density at radius 2 is 2.00 bits per heavy atom. The van der Waals surface area contributed by atoms with E-state index in [0.717, 1.165) is 11.0 Å². The van der Waals surface area contributed by atoms with Crippen molar-refractivity contribution in [1.29, 1.82) is 0 Å². The van der Waals surface area contributed by atoms with Crippen LogP contribution in [0.25, 0.3) is 0 Å². The zero-order valence-corrected chi connectivity index (χ0v) is 15.6. The van der Waals surface area contributed by atoms with Crippen LogP contribution in [0.5, 0.6) is 0 Å². The second-order valence-corrected chi connectivity index (χ2v) is 6.46. The molecule has 1 N–H and O–H groups in total. The Morgan fingerprint density at radius 3 is 2.64 bits per heavy atom. The number of benzene rings is 1. The lowest BCUT2D eigenvalue weighted by Gasteiger charge is -2.35. The largest absolute Gasteiger partial charge is 0.468 e. The number of rotatable bonds is 6. The molecule has 2 rings (SSSR count). The van der Waals surface area contributed by atoms with Crippen LogP contribution in [-0.4, -0.2) is 67.4 Å². The summed E-state index contributed by atoms with van der Waals surface area (Å²) in [7, 11) is 2.58. The third-order valence-electron chi connectivity index (χ3n) is 4.53. The minimum Gasteiger partial charge on any atom is -0.468 e. The molecule has 0 saturated carbocycles. The van der Waals surface area contributed by atoms with Crippen LogP contribution in [0.15, 0.2) is 24.3 Å². The fourth-order valence-electron chi connectivity index (χ4n) is 2.99. The third kappa shape index (κ3) is 5.44. The molecule has 0 radical (unpaired) electrons. The van der Waals surface area contributed by atoms with Crippen molar-refractivity contribution >= 4 is 17.8 Å². The van der Waals surface area contributed by atoms with Crippen LogP contribution in [0.4, 0.5) is 13.2 Å². The maximum absolute atomic E-state index is 13.2. The fourth-order valence-corrected chi connectivity index (χ4v) is 2.99. The summed E-state index contributed by atoms with van der Waals surface area (Å²) in [6, 6.07) is 4.22. The van der Waals surface area contributed by atoms with E-state index in [1.54, 1.807) is 4.90 Å². The summed E-state index contributed by atoms with van der Waals surface area (Å²) in [6.45, 7) is 0.175. The zero-order valence-electron chi connectivity index (χ0n) is 15.6. The number of carbonyl (C=O) groups excluding carboxylic acids is 3. The lowest BCUT2D eigenvalue weighted by Crippen LogP contribution is -2.56. The van der Waals surface area contributed by atoms with Gasteiger partial charge >= 0.3 is 12.1 Å². The van der Waals surface area contributed by atoms with Crippen LogP contribution in [0, 0.1) is 0 Å². The lowest BCUT2D eigenvalue weighted by atomic mass is 10.0. The van der Waals surface area contributed by atoms with Crippen molar-refractivity contribution in [2.75, 3.05) is 33.8 Å². The van der Waals surface area contributed by atoms with Crippen molar-refractivity contribution in [2.24, 2.45) is 0 Å². The molecule has 0 spiro atoms. The van der Waals surface area contributed by atoms with Crippen molar-refractivity contribution in [1.82, 2.24) is 15.1 Å². The number of halogens is 3. The molecule has 28 heavy (non-hydrogen) atoms. The quantitative estimate of drug-likeness (QED) is 0.721. The molecule has 154 valence electrons. The minimum absolute atomic E-state index is 0.0325. The third-order valence-corrected chi connectivity index (χ3v) is 4.53. The maximum atomic E-state index is 13.2. The van der Waals surface area contributed by atoms with Gasteiger partial charge in [-0.15, -0.1) is 0 Å². The van der Waals surface area contributed by atoms with E-state index < -0.39 is 35.6 Å². The van der Waals surface area contributed by atoms with Crippen molar-refractivity contribution in [3.05, 3.63) is 35.4 Å². The van der Waals surface area contributed by atoms with Gasteiger partial charge in [0.05, 0.1) is 25.1 Å². The molecule has 1 unspecified atom stereocenters. The van der Waals surface area contributed by atoms with Gasteiger partial charge in [0.25, 0.3) is 0 Å². The van der Waals surface area contributed by atoms with Gasteiger partial charge in [-0.1, -0.05) is 18.2 Å². The number of alkyl halides is 3. The summed E-state index contributed by atoms with van der Waals surface area (Å²) >= 11 is 0. The number of hydrogen-bond donors (Lipinski definition) is 1. The first-order valence-electron chi connectivity index (χ1n) is 8.61. The second kappa shape index (κ2) is 9.05. The topological polar surface area (TPSA) is 78.9 Å². The van der Waals surface area contributed by atoms with E-state index in [1.165, 1.54) is 32.4 Å². The molecule has 1 fully saturated rings. The molecular formula is C18H22F3N3O4. The van der Waals surface area contributed by atoms with E-state index in [9.17, 15) is 27.6 Å². The molecule has 10 heteroatoms. The van der Waals surface area contributed by atoms with Gasteiger partial charge in [0.1, 0.15) is 6.54 Å². The molecule has 1 saturated heterocycles. The van der Waals surface area contributed by atoms with Crippen LogP contribution < -0.4 is 5.32 Å². The summed E-state index contributed by atoms with van der Waals surface area (Å²) in [5, 5.41) is 2.62. The second-order valence-electron chi connectivity index (χ2n) is 6.46. The first-order chi connectivity index (χ1) is 13.1. The summed E-state index contributed by atoms with van der Waals surface area (Å²) < 4.78 is 44.2. The summed E-state index contributed by atoms with van der Waals surface area (Å²) in [4.78, 5) is 38.6. The number of amides is 2. The van der Waals surface area contributed by atoms with Gasteiger partial charge in [-0.3, -0.25) is 19.3 Å². The summed E-state index contributed by atoms with van der Waals surface area (Å²) in [5.74, 6) is -1.53. The smallest absolute Gasteiger partial charge is 0.416 e. The normalized spacial score (nSPS) is 17.8. The summed E-state index contributed by atoms with van der Waals surface area (Å²) in [6.07, 6.45) is -4.77. The molecule has 0 aromatic heterocycles. The Labute approximate surface area is 160 Å². The highest BCUT2D eigenvalue weighted by Crippen LogP contribution is 2.32. The van der Waals surface area contributed by atoms with E-state index in [4.69, 9.17) is 0 Å². The Balaban J connectivity index is 2.16. The number of likely N-dealkylation sites (N-methyl/N-ethyl adjacent to an activating group) is 1. The number of ether oxygens (including phenoxy) is 1. The van der Waals surface area contributed by atoms with Crippen LogP contribution in [0.3, 0.4) is 0 Å². The van der Waals surface area contributed by atoms with Crippen LogP contribution in [0.2, 0.25) is 0 Å². The predicted molar refractivity (Wildman–Crippen MR) is 92.9 cm³/mol. The molecule has 2 amide bonds. The Morgan fingerprint density at radius 1 is 1.32 bits per heavy atom. The molecule has 7 nitrogen and oxygen atoms in total. The van der Waals surface area contributed by atoms with Gasteiger partial charge in [0.2, 0.25) is 11.8 Å². The summed E-state index contributed by atoms with van der Waals surface area (Å²) in [5.41, 5.74) is -0.737. The van der Waals surface area contributed by atoms with Crippen LogP contribution >= 0.6 is 0 Å². The predicted octanol–water partition coefficient (Wildman–Crippen LogP) is 1.03. The number of nitrogens with one attached hydrogen (secondary N) is 1. The molecule has 1 heterocycles. The van der Waals surface area contributed by atoms with E-state index in [1.807, 2.05) is 0 Å². The van der Waals surface area contributed by atoms with Gasteiger partial charge in [0, 0.05) is 26.7 Å². The van der Waals surface area contributed by atoms with Gasteiger partial charge in [-0.05, 0) is 11.6 Å². The number of esters is 1. The SMILES string of the molecule is COC(=O)CN(C)C(=O)CC1C(=O)NCCN1Cc1ccccc1C(F)(F)F. The van der Waals surface area contributed by atoms with E-state index in [-0.39, 0.29) is 31.6 Å². The maximum Gasteiger partial charge on any atom is 0.416 e. The number of methoxy groups -OCH3 is 1. The van der Waals surface area contributed by atoms with Gasteiger partial charge < -0.3 is 15.0 Å². The lowest BCUT2D eigenvalue weighted by molar-refractivity contribution is -0.147. The van der Waals surface area contributed by atoms with Crippen LogP contribution in [0.1, 0.15) is 17.5 Å². The minimum atomic E-state index is -4.51. The molecule has 1 atom stereocenters. The van der Waals surface area contributed by atoms with Crippen LogP contribution in [-0.2, 0) is 31.8 Å². The highest BCUT2D eigenvalue weighted by molar-refractivity contribution is 5.90. The molecule has 0 aliphatic carbocycles. The first kappa shape index (κ1) is 21.7. The Hall–Kier alpha value is -2.62. The van der Waals surface area contributed by atoms with E-state index in [0.29, 0.717) is 6.54 Å². The van der Waals surface area contributed by atoms with Gasteiger partial charge in [0.15, 0.2) is 0 Å². The average Bonchev–Trinajstić information content (AvgIpc) is 2.63. The van der Waals surface area contributed by atoms with E-state index in [2.05, 4.69) is 10.1 Å². The number of piperazine rings is 1. The molecule has 1 aromatic carbocycles. The molecule has 0 bridgehead atoms. The van der Waals surface area contributed by atoms with Crippen molar-refractivity contribution < 1.29 is 32.3 Å². The molecule has 1 aromatic rings. The van der Waals surface area contributed by atoms with Crippen molar-refractivity contribution in [3.63, 3.8) is 0 Å². The standard InChI is InChI=1S/C18H22F3N3O4/c1-23(11-16(26)28-2)15(25)9-14-17(27)22-7-8-24(14)10-12-5-3-4-6-13(12)18(19,20)21/h3-6,14H,7-11H2,1-2H3,(H,22,27). The zero-order chi connectivity index (χ0) is 20.9. The number of nitrogens with zero attached hydrogens (tertiary/aromatic N) is 2. The Bertz CT molecular complexity index is 739. The highest BCUT2D eigenvalue weighted by atomic mass is 19.4. The first-order valence-corrected chi connectivity index (χ1v) is 8.61. The number of carbonyl (C=O) groups is 3. The molecule has 1 aliphatic heterocycles.